The van der Waals surface area contributed by atoms with E-state index < -0.39 is 11.5 Å². The molecule has 7 heteroatoms. The molecule has 0 atom stereocenters. The van der Waals surface area contributed by atoms with Gasteiger partial charge in [0.1, 0.15) is 5.82 Å². The van der Waals surface area contributed by atoms with E-state index >= 15 is 0 Å². The van der Waals surface area contributed by atoms with Crippen molar-refractivity contribution >= 4 is 5.52 Å². The number of nitrogens with zero attached hydrogens (tertiary/aromatic N) is 2. The monoisotopic (exact) mass is 340 g/mol. The summed E-state index contributed by atoms with van der Waals surface area (Å²) in [6.07, 6.45) is 4.52. The van der Waals surface area contributed by atoms with Crippen molar-refractivity contribution in [1.29, 1.82) is 0 Å². The second-order valence-electron chi connectivity index (χ2n) is 6.40. The van der Waals surface area contributed by atoms with E-state index in [0.717, 1.165) is 24.6 Å². The zero-order valence-corrected chi connectivity index (χ0v) is 13.7. The molecule has 0 aromatic carbocycles. The van der Waals surface area contributed by atoms with Crippen LogP contribution in [0.15, 0.2) is 34.1 Å². The number of aromatic amines is 1. The number of halogens is 1. The SMILES string of the molecule is Cc1c(-c2ccc(CN)cn2)c(F)cn2c(=O)[nH]c(=O)c(C3CC3)c12. The number of pyridine rings is 2. The van der Waals surface area contributed by atoms with Crippen LogP contribution in [0.5, 0.6) is 0 Å². The topological polar surface area (TPSA) is 93.2 Å². The first-order valence-corrected chi connectivity index (χ1v) is 8.14. The molecule has 0 bridgehead atoms. The van der Waals surface area contributed by atoms with Gasteiger partial charge in [-0.1, -0.05) is 6.07 Å². The molecule has 0 spiro atoms. The smallest absolute Gasteiger partial charge is 0.326 e. The third kappa shape index (κ3) is 2.47. The molecular formula is C18H17FN4O2. The summed E-state index contributed by atoms with van der Waals surface area (Å²) in [6, 6.07) is 3.49. The summed E-state index contributed by atoms with van der Waals surface area (Å²) in [6.45, 7) is 2.07. The minimum Gasteiger partial charge on any atom is -0.326 e. The minimum atomic E-state index is -0.635. The van der Waals surface area contributed by atoms with Crippen molar-refractivity contribution < 1.29 is 4.39 Å². The first kappa shape index (κ1) is 15.7. The predicted molar refractivity (Wildman–Crippen MR) is 92.1 cm³/mol. The number of fused-ring (bicyclic) bond motifs is 1. The highest BCUT2D eigenvalue weighted by molar-refractivity contribution is 5.75. The van der Waals surface area contributed by atoms with Crippen LogP contribution in [0.25, 0.3) is 16.8 Å². The van der Waals surface area contributed by atoms with E-state index in [1.54, 1.807) is 25.3 Å². The van der Waals surface area contributed by atoms with Gasteiger partial charge in [0.05, 0.1) is 17.4 Å². The highest BCUT2D eigenvalue weighted by atomic mass is 19.1. The molecule has 0 saturated heterocycles. The quantitative estimate of drug-likeness (QED) is 0.761. The molecule has 0 aliphatic heterocycles. The lowest BCUT2D eigenvalue weighted by Crippen LogP contribution is -2.30. The van der Waals surface area contributed by atoms with Gasteiger partial charge in [-0.05, 0) is 42.9 Å². The average Bonchev–Trinajstić information content (AvgIpc) is 3.41. The van der Waals surface area contributed by atoms with Crippen molar-refractivity contribution in [1.82, 2.24) is 14.4 Å². The van der Waals surface area contributed by atoms with E-state index in [1.807, 2.05) is 0 Å². The minimum absolute atomic E-state index is 0.115. The van der Waals surface area contributed by atoms with Gasteiger partial charge in [0.2, 0.25) is 0 Å². The molecule has 25 heavy (non-hydrogen) atoms. The van der Waals surface area contributed by atoms with Crippen LogP contribution in [-0.4, -0.2) is 14.4 Å². The van der Waals surface area contributed by atoms with Crippen molar-refractivity contribution in [3.05, 3.63) is 67.9 Å². The van der Waals surface area contributed by atoms with Crippen LogP contribution >= 0.6 is 0 Å². The van der Waals surface area contributed by atoms with Crippen LogP contribution < -0.4 is 17.0 Å². The fourth-order valence-electron chi connectivity index (χ4n) is 3.30. The molecule has 1 fully saturated rings. The van der Waals surface area contributed by atoms with Gasteiger partial charge in [-0.15, -0.1) is 0 Å². The van der Waals surface area contributed by atoms with E-state index in [9.17, 15) is 14.0 Å². The van der Waals surface area contributed by atoms with Gasteiger partial charge in [-0.3, -0.25) is 19.2 Å². The van der Waals surface area contributed by atoms with Crippen LogP contribution in [0.4, 0.5) is 4.39 Å². The Morgan fingerprint density at radius 1 is 1.36 bits per heavy atom. The Morgan fingerprint density at radius 3 is 2.72 bits per heavy atom. The molecule has 3 N–H and O–H groups in total. The van der Waals surface area contributed by atoms with Crippen molar-refractivity contribution in [3.8, 4) is 11.3 Å². The molecule has 3 aromatic heterocycles. The maximum atomic E-state index is 14.8. The number of hydrogen-bond acceptors (Lipinski definition) is 4. The molecule has 4 rings (SSSR count). The van der Waals surface area contributed by atoms with Gasteiger partial charge in [-0.2, -0.15) is 0 Å². The number of aromatic nitrogens is 3. The van der Waals surface area contributed by atoms with Crippen LogP contribution in [0.1, 0.15) is 35.4 Å². The Bertz CT molecular complexity index is 1100. The Kier molecular flexibility index (Phi) is 3.54. The first-order valence-electron chi connectivity index (χ1n) is 8.14. The summed E-state index contributed by atoms with van der Waals surface area (Å²) in [4.78, 5) is 31.0. The third-order valence-corrected chi connectivity index (χ3v) is 4.69. The molecule has 128 valence electrons. The highest BCUT2D eigenvalue weighted by Gasteiger charge is 2.31. The number of aryl methyl sites for hydroxylation is 1. The first-order chi connectivity index (χ1) is 12.0. The van der Waals surface area contributed by atoms with E-state index in [1.165, 1.54) is 4.40 Å². The fraction of sp³-hybridized carbons (Fsp3) is 0.278. The van der Waals surface area contributed by atoms with Crippen LogP contribution in [0.3, 0.4) is 0 Å². The molecule has 1 saturated carbocycles. The maximum absolute atomic E-state index is 14.8. The van der Waals surface area contributed by atoms with E-state index in [0.29, 0.717) is 34.4 Å². The number of nitrogens with one attached hydrogen (secondary N) is 1. The number of hydrogen-bond donors (Lipinski definition) is 2. The molecule has 0 amide bonds. The van der Waals surface area contributed by atoms with Crippen LogP contribution in [0.2, 0.25) is 0 Å². The van der Waals surface area contributed by atoms with Crippen molar-refractivity contribution in [2.24, 2.45) is 5.73 Å². The predicted octanol–water partition coefficient (Wildman–Crippen LogP) is 1.83. The summed E-state index contributed by atoms with van der Waals surface area (Å²) in [7, 11) is 0. The van der Waals surface area contributed by atoms with Gasteiger partial charge < -0.3 is 5.73 Å². The van der Waals surface area contributed by atoms with Crippen LogP contribution in [-0.2, 0) is 6.54 Å². The molecule has 0 unspecified atom stereocenters. The van der Waals surface area contributed by atoms with Crippen molar-refractivity contribution in [3.63, 3.8) is 0 Å². The molecule has 3 heterocycles. The van der Waals surface area contributed by atoms with E-state index in [4.69, 9.17) is 5.73 Å². The summed E-state index contributed by atoms with van der Waals surface area (Å²) in [5.74, 6) is -0.446. The molecule has 6 nitrogen and oxygen atoms in total. The van der Waals surface area contributed by atoms with E-state index in [2.05, 4.69) is 9.97 Å². The van der Waals surface area contributed by atoms with Gasteiger partial charge in [0, 0.05) is 23.9 Å². The van der Waals surface area contributed by atoms with E-state index in [-0.39, 0.29) is 11.5 Å². The second-order valence-corrected chi connectivity index (χ2v) is 6.40. The van der Waals surface area contributed by atoms with Gasteiger partial charge in [0.25, 0.3) is 5.56 Å². The Hall–Kier alpha value is -2.80. The zero-order valence-electron chi connectivity index (χ0n) is 13.7. The summed E-state index contributed by atoms with van der Waals surface area (Å²) in [5.41, 5.74) is 7.72. The molecule has 3 aromatic rings. The van der Waals surface area contributed by atoms with Gasteiger partial charge >= 0.3 is 5.69 Å². The normalized spacial score (nSPS) is 14.2. The lowest BCUT2D eigenvalue weighted by molar-refractivity contribution is 0.618. The lowest BCUT2D eigenvalue weighted by Gasteiger charge is -2.14. The lowest BCUT2D eigenvalue weighted by atomic mass is 10.0. The van der Waals surface area contributed by atoms with Crippen molar-refractivity contribution in [2.45, 2.75) is 32.2 Å². The standard InChI is InChI=1S/C18H17FN4O2/c1-9-14(13-5-2-10(6-20)7-21-13)12(19)8-23-16(9)15(11-3-4-11)17(24)22-18(23)25/h2,5,7-8,11H,3-4,6,20H2,1H3,(H,22,24,25). The zero-order chi connectivity index (χ0) is 17.7. The number of rotatable bonds is 3. The molecular weight excluding hydrogens is 323 g/mol. The van der Waals surface area contributed by atoms with Gasteiger partial charge in [-0.25, -0.2) is 9.18 Å². The van der Waals surface area contributed by atoms with Crippen LogP contribution in [0, 0.1) is 12.7 Å². The Morgan fingerprint density at radius 2 is 2.12 bits per heavy atom. The van der Waals surface area contributed by atoms with Gasteiger partial charge in [0.15, 0.2) is 0 Å². The Balaban J connectivity index is 2.07. The largest absolute Gasteiger partial charge is 0.333 e. The molecule has 1 aliphatic rings. The highest BCUT2D eigenvalue weighted by Crippen LogP contribution is 2.41. The molecule has 0 radical (unpaired) electrons. The maximum Gasteiger partial charge on any atom is 0.333 e. The van der Waals surface area contributed by atoms with Crippen molar-refractivity contribution in [2.75, 3.05) is 0 Å². The average molecular weight is 340 g/mol. The Labute approximate surface area is 142 Å². The summed E-state index contributed by atoms with van der Waals surface area (Å²) >= 11 is 0. The summed E-state index contributed by atoms with van der Waals surface area (Å²) in [5, 5.41) is 0. The number of H-pyrrole nitrogens is 1. The summed E-state index contributed by atoms with van der Waals surface area (Å²) < 4.78 is 16.0. The fourth-order valence-corrected chi connectivity index (χ4v) is 3.30. The second kappa shape index (κ2) is 5.63. The third-order valence-electron chi connectivity index (χ3n) is 4.69. The molecule has 1 aliphatic carbocycles. The number of nitrogens with two attached hydrogens (primary N) is 1.